The fourth-order valence-electron chi connectivity index (χ4n) is 2.49. The Labute approximate surface area is 161 Å². The lowest BCUT2D eigenvalue weighted by Gasteiger charge is -2.11. The summed E-state index contributed by atoms with van der Waals surface area (Å²) < 4.78 is 18.1. The highest BCUT2D eigenvalue weighted by molar-refractivity contribution is 7.98. The summed E-state index contributed by atoms with van der Waals surface area (Å²) in [6.07, 6.45) is 3.63. The van der Waals surface area contributed by atoms with Crippen molar-refractivity contribution in [2.24, 2.45) is 7.05 Å². The number of imidazole rings is 1. The van der Waals surface area contributed by atoms with E-state index in [1.54, 1.807) is 50.4 Å². The molecule has 0 radical (unpaired) electrons. The Bertz CT molecular complexity index is 919. The van der Waals surface area contributed by atoms with E-state index >= 15 is 0 Å². The molecule has 3 rings (SSSR count). The second-order valence-electron chi connectivity index (χ2n) is 5.74. The number of amides is 1. The summed E-state index contributed by atoms with van der Waals surface area (Å²) in [6.45, 7) is 0.303. The molecule has 1 N–H and O–H groups in total. The Morgan fingerprint density at radius 2 is 2.11 bits per heavy atom. The highest BCUT2D eigenvalue weighted by Crippen LogP contribution is 2.24. The minimum Gasteiger partial charge on any atom is -0.497 e. The van der Waals surface area contributed by atoms with Crippen LogP contribution in [0.25, 0.3) is 0 Å². The quantitative estimate of drug-likeness (QED) is 0.598. The molecule has 1 amide bonds. The number of hydrogen-bond acceptors (Lipinski definition) is 6. The van der Waals surface area contributed by atoms with E-state index in [1.165, 1.54) is 0 Å². The first kappa shape index (κ1) is 18.9. The number of rotatable bonds is 8. The van der Waals surface area contributed by atoms with E-state index in [0.29, 0.717) is 29.6 Å². The van der Waals surface area contributed by atoms with Crippen LogP contribution in [0.3, 0.4) is 0 Å². The molecule has 0 saturated heterocycles. The Balaban J connectivity index is 1.59. The molecule has 1 aromatic carbocycles. The molecule has 0 unspecified atom stereocenters. The van der Waals surface area contributed by atoms with Crippen molar-refractivity contribution in [3.8, 4) is 11.5 Å². The van der Waals surface area contributed by atoms with Gasteiger partial charge in [0.25, 0.3) is 5.91 Å². The van der Waals surface area contributed by atoms with Crippen molar-refractivity contribution < 1.29 is 18.7 Å². The number of methoxy groups -OCH3 is 2. The predicted octanol–water partition coefficient (Wildman–Crippen LogP) is 3.25. The maximum absolute atomic E-state index is 12.4. The molecule has 0 saturated carbocycles. The van der Waals surface area contributed by atoms with Gasteiger partial charge in [0.2, 0.25) is 0 Å². The molecule has 0 aliphatic heterocycles. The zero-order valence-corrected chi connectivity index (χ0v) is 16.2. The average molecular weight is 387 g/mol. The number of aryl methyl sites for hydroxylation is 1. The van der Waals surface area contributed by atoms with E-state index in [4.69, 9.17) is 13.9 Å². The van der Waals surface area contributed by atoms with Crippen LogP contribution in [0.1, 0.15) is 21.9 Å². The van der Waals surface area contributed by atoms with Gasteiger partial charge in [0.05, 0.1) is 20.0 Å². The minimum absolute atomic E-state index is 0.271. The second-order valence-corrected chi connectivity index (χ2v) is 6.68. The monoisotopic (exact) mass is 387 g/mol. The topological polar surface area (TPSA) is 78.5 Å². The maximum Gasteiger partial charge on any atom is 0.287 e. The van der Waals surface area contributed by atoms with Gasteiger partial charge in [0.15, 0.2) is 10.9 Å². The molecule has 7 nitrogen and oxygen atoms in total. The van der Waals surface area contributed by atoms with E-state index in [-0.39, 0.29) is 11.7 Å². The molecule has 2 heterocycles. The molecular formula is C19H21N3O4S. The number of furan rings is 1. The van der Waals surface area contributed by atoms with Crippen LogP contribution in [0.2, 0.25) is 0 Å². The normalized spacial score (nSPS) is 10.6. The van der Waals surface area contributed by atoms with Crippen molar-refractivity contribution >= 4 is 17.7 Å². The number of nitrogens with zero attached hydrogens (tertiary/aromatic N) is 2. The van der Waals surface area contributed by atoms with Gasteiger partial charge in [-0.2, -0.15) is 0 Å². The maximum atomic E-state index is 12.4. The van der Waals surface area contributed by atoms with Gasteiger partial charge < -0.3 is 23.8 Å². The Hall–Kier alpha value is -2.87. The molecule has 0 atom stereocenters. The predicted molar refractivity (Wildman–Crippen MR) is 102 cm³/mol. The molecule has 142 valence electrons. The van der Waals surface area contributed by atoms with Crippen molar-refractivity contribution in [3.63, 3.8) is 0 Å². The summed E-state index contributed by atoms with van der Waals surface area (Å²) in [6, 6.07) is 8.92. The first-order chi connectivity index (χ1) is 13.1. The molecule has 0 spiro atoms. The molecule has 27 heavy (non-hydrogen) atoms. The summed E-state index contributed by atoms with van der Waals surface area (Å²) in [5.74, 6) is 2.68. The fraction of sp³-hybridized carbons (Fsp3) is 0.263. The first-order valence-electron chi connectivity index (χ1n) is 8.28. The smallest absolute Gasteiger partial charge is 0.287 e. The third-order valence-electron chi connectivity index (χ3n) is 3.93. The van der Waals surface area contributed by atoms with Gasteiger partial charge in [-0.1, -0.05) is 11.8 Å². The number of carbonyl (C=O) groups excluding carboxylic acids is 1. The number of benzene rings is 1. The molecule has 0 aliphatic carbocycles. The van der Waals surface area contributed by atoms with Crippen LogP contribution in [0.4, 0.5) is 0 Å². The number of thioether (sulfide) groups is 1. The van der Waals surface area contributed by atoms with Crippen molar-refractivity contribution in [2.75, 3.05) is 14.2 Å². The van der Waals surface area contributed by atoms with Crippen LogP contribution >= 0.6 is 11.8 Å². The zero-order valence-electron chi connectivity index (χ0n) is 15.4. The van der Waals surface area contributed by atoms with Gasteiger partial charge in [-0.15, -0.1) is 0 Å². The number of ether oxygens (including phenoxy) is 2. The van der Waals surface area contributed by atoms with E-state index in [2.05, 4.69) is 10.3 Å². The summed E-state index contributed by atoms with van der Waals surface area (Å²) in [4.78, 5) is 16.6. The van der Waals surface area contributed by atoms with Crippen LogP contribution in [0.15, 0.2) is 52.3 Å². The lowest BCUT2D eigenvalue weighted by molar-refractivity contribution is 0.0921. The summed E-state index contributed by atoms with van der Waals surface area (Å²) in [5.41, 5.74) is 0.822. The minimum atomic E-state index is -0.284. The highest BCUT2D eigenvalue weighted by Gasteiger charge is 2.13. The SMILES string of the molecule is COc1ccc(OC)c(CNC(=O)c2ccc(CSc3nccn3C)o2)c1. The number of aromatic nitrogens is 2. The third kappa shape index (κ3) is 4.65. The lowest BCUT2D eigenvalue weighted by atomic mass is 10.2. The molecule has 8 heteroatoms. The van der Waals surface area contributed by atoms with Crippen LogP contribution < -0.4 is 14.8 Å². The molecule has 0 aliphatic rings. The van der Waals surface area contributed by atoms with Crippen LogP contribution in [0, 0.1) is 0 Å². The first-order valence-corrected chi connectivity index (χ1v) is 9.27. The number of nitrogens with one attached hydrogen (secondary N) is 1. The molecule has 0 fully saturated rings. The molecule has 2 aromatic heterocycles. The molecule has 0 bridgehead atoms. The van der Waals surface area contributed by atoms with Crippen molar-refractivity contribution in [1.29, 1.82) is 0 Å². The Morgan fingerprint density at radius 3 is 2.81 bits per heavy atom. The summed E-state index contributed by atoms with van der Waals surface area (Å²) in [7, 11) is 5.12. The van der Waals surface area contributed by atoms with Crippen LogP contribution in [-0.4, -0.2) is 29.7 Å². The van der Waals surface area contributed by atoms with Crippen molar-refractivity contribution in [1.82, 2.24) is 14.9 Å². The Kier molecular flexibility index (Phi) is 6.08. The fourth-order valence-corrected chi connectivity index (χ4v) is 3.31. The van der Waals surface area contributed by atoms with Crippen molar-refractivity contribution in [3.05, 3.63) is 59.8 Å². The van der Waals surface area contributed by atoms with Crippen LogP contribution in [0.5, 0.6) is 11.5 Å². The molecular weight excluding hydrogens is 366 g/mol. The highest BCUT2D eigenvalue weighted by atomic mass is 32.2. The van der Waals surface area contributed by atoms with Gasteiger partial charge in [-0.05, 0) is 30.3 Å². The van der Waals surface area contributed by atoms with Crippen molar-refractivity contribution in [2.45, 2.75) is 17.5 Å². The Morgan fingerprint density at radius 1 is 1.26 bits per heavy atom. The third-order valence-corrected chi connectivity index (χ3v) is 5.01. The van der Waals surface area contributed by atoms with E-state index in [0.717, 1.165) is 10.7 Å². The number of hydrogen-bond donors (Lipinski definition) is 1. The summed E-state index contributed by atoms with van der Waals surface area (Å²) in [5, 5.41) is 3.73. The average Bonchev–Trinajstić information content (AvgIpc) is 3.33. The van der Waals surface area contributed by atoms with Gasteiger partial charge in [0.1, 0.15) is 17.3 Å². The van der Waals surface area contributed by atoms with Gasteiger partial charge in [-0.3, -0.25) is 4.79 Å². The second kappa shape index (κ2) is 8.68. The van der Waals surface area contributed by atoms with E-state index < -0.39 is 0 Å². The van der Waals surface area contributed by atoms with Gasteiger partial charge in [-0.25, -0.2) is 4.98 Å². The lowest BCUT2D eigenvalue weighted by Crippen LogP contribution is -2.22. The largest absolute Gasteiger partial charge is 0.497 e. The van der Waals surface area contributed by atoms with Crippen LogP contribution in [-0.2, 0) is 19.3 Å². The van der Waals surface area contributed by atoms with Gasteiger partial charge in [0, 0.05) is 31.5 Å². The van der Waals surface area contributed by atoms with Gasteiger partial charge >= 0.3 is 0 Å². The van der Waals surface area contributed by atoms with E-state index in [1.807, 2.05) is 29.9 Å². The molecule has 3 aromatic rings. The van der Waals surface area contributed by atoms with E-state index in [9.17, 15) is 4.79 Å². The standard InChI is InChI=1S/C19H21N3O4S/c1-22-9-8-20-19(22)27-12-15-5-7-17(26-15)18(23)21-11-13-10-14(24-2)4-6-16(13)25-3/h4-10H,11-12H2,1-3H3,(H,21,23). The summed E-state index contributed by atoms with van der Waals surface area (Å²) >= 11 is 1.55. The number of carbonyl (C=O) groups is 1. The zero-order chi connectivity index (χ0) is 19.2.